The molecule has 1 amide bonds. The van der Waals surface area contributed by atoms with Gasteiger partial charge >= 0.3 is 5.97 Å². The summed E-state index contributed by atoms with van der Waals surface area (Å²) in [5.41, 5.74) is 0.858. The van der Waals surface area contributed by atoms with Gasteiger partial charge < -0.3 is 10.0 Å². The highest BCUT2D eigenvalue weighted by Gasteiger charge is 2.20. The van der Waals surface area contributed by atoms with Crippen LogP contribution < -0.4 is 4.90 Å². The van der Waals surface area contributed by atoms with Crippen molar-refractivity contribution in [2.75, 3.05) is 11.4 Å². The molecule has 0 spiro atoms. The topological polar surface area (TPSA) is 70.5 Å². The van der Waals surface area contributed by atoms with Gasteiger partial charge in [0.05, 0.1) is 12.1 Å². The van der Waals surface area contributed by atoms with Gasteiger partial charge in [0.25, 0.3) is 5.91 Å². The minimum Gasteiger partial charge on any atom is -0.481 e. The number of hydrogen-bond donors (Lipinski definition) is 1. The fraction of sp³-hybridized carbons (Fsp3) is 0.133. The summed E-state index contributed by atoms with van der Waals surface area (Å²) in [5, 5.41) is 9.00. The molecule has 0 aliphatic carbocycles. The third-order valence-electron chi connectivity index (χ3n) is 2.85. The summed E-state index contributed by atoms with van der Waals surface area (Å²) in [5.74, 6) is -1.30. The predicted octanol–water partition coefficient (Wildman–Crippen LogP) is 2.86. The van der Waals surface area contributed by atoms with Crippen molar-refractivity contribution < 1.29 is 14.7 Å². The second kappa shape index (κ2) is 6.85. The van der Waals surface area contributed by atoms with E-state index in [2.05, 4.69) is 4.98 Å². The number of amides is 1. The second-order valence-electron chi connectivity index (χ2n) is 4.28. The maximum atomic E-state index is 12.6. The lowest BCUT2D eigenvalue weighted by atomic mass is 10.2. The summed E-state index contributed by atoms with van der Waals surface area (Å²) in [6, 6.07) is 11.9. The van der Waals surface area contributed by atoms with E-state index in [0.29, 0.717) is 11.3 Å². The molecule has 2 rings (SSSR count). The van der Waals surface area contributed by atoms with Crippen LogP contribution in [0.4, 0.5) is 5.69 Å². The molecule has 1 N–H and O–H groups in total. The molecule has 0 saturated carbocycles. The standard InChI is InChI=1S/C15H13ClN2O3/c16-14-12(7-4-9-17-14)18(10-8-13(19)20)15(21)11-5-2-1-3-6-11/h1-7,9H,8,10H2,(H,19,20). The molecule has 0 aliphatic heterocycles. The Morgan fingerprint density at radius 3 is 2.48 bits per heavy atom. The van der Waals surface area contributed by atoms with E-state index in [1.165, 1.54) is 11.1 Å². The molecule has 5 nitrogen and oxygen atoms in total. The van der Waals surface area contributed by atoms with E-state index >= 15 is 0 Å². The molecule has 6 heteroatoms. The van der Waals surface area contributed by atoms with E-state index in [-0.39, 0.29) is 24.0 Å². The molecule has 0 radical (unpaired) electrons. The highest BCUT2D eigenvalue weighted by atomic mass is 35.5. The van der Waals surface area contributed by atoms with Crippen molar-refractivity contribution in [3.63, 3.8) is 0 Å². The SMILES string of the molecule is O=C(O)CCN(C(=O)c1ccccc1)c1cccnc1Cl. The molecular weight excluding hydrogens is 292 g/mol. The Bertz CT molecular complexity index is 646. The predicted molar refractivity (Wildman–Crippen MR) is 79.6 cm³/mol. The van der Waals surface area contributed by atoms with Gasteiger partial charge in [0.1, 0.15) is 0 Å². The molecule has 1 aromatic heterocycles. The Hall–Kier alpha value is -2.40. The number of aliphatic carboxylic acids is 1. The Morgan fingerprint density at radius 2 is 1.86 bits per heavy atom. The number of aromatic nitrogens is 1. The average Bonchev–Trinajstić information content (AvgIpc) is 2.49. The lowest BCUT2D eigenvalue weighted by molar-refractivity contribution is -0.136. The number of carboxylic acids is 1. The normalized spacial score (nSPS) is 10.1. The third-order valence-corrected chi connectivity index (χ3v) is 3.14. The summed E-state index contributed by atoms with van der Waals surface area (Å²) >= 11 is 6.01. The van der Waals surface area contributed by atoms with Crippen molar-refractivity contribution in [1.82, 2.24) is 4.98 Å². The monoisotopic (exact) mass is 304 g/mol. The molecular formula is C15H13ClN2O3. The fourth-order valence-electron chi connectivity index (χ4n) is 1.85. The van der Waals surface area contributed by atoms with Crippen LogP contribution in [0.1, 0.15) is 16.8 Å². The van der Waals surface area contributed by atoms with E-state index in [9.17, 15) is 9.59 Å². The van der Waals surface area contributed by atoms with Crippen LogP contribution in [-0.4, -0.2) is 28.5 Å². The average molecular weight is 305 g/mol. The van der Waals surface area contributed by atoms with Gasteiger partial charge in [-0.15, -0.1) is 0 Å². The number of hydrogen-bond acceptors (Lipinski definition) is 3. The second-order valence-corrected chi connectivity index (χ2v) is 4.64. The van der Waals surface area contributed by atoms with E-state index in [1.54, 1.807) is 42.5 Å². The molecule has 1 aromatic carbocycles. The molecule has 0 fully saturated rings. The number of anilines is 1. The van der Waals surface area contributed by atoms with Crippen LogP contribution in [0.25, 0.3) is 0 Å². The van der Waals surface area contributed by atoms with Crippen molar-refractivity contribution >= 4 is 29.2 Å². The summed E-state index contributed by atoms with van der Waals surface area (Å²) in [7, 11) is 0. The van der Waals surface area contributed by atoms with Crippen LogP contribution >= 0.6 is 11.6 Å². The maximum absolute atomic E-state index is 12.6. The quantitative estimate of drug-likeness (QED) is 0.862. The van der Waals surface area contributed by atoms with Crippen LogP contribution in [0.2, 0.25) is 5.15 Å². The van der Waals surface area contributed by atoms with Gasteiger partial charge in [0.2, 0.25) is 0 Å². The number of rotatable bonds is 5. The molecule has 108 valence electrons. The fourth-order valence-corrected chi connectivity index (χ4v) is 2.08. The van der Waals surface area contributed by atoms with Crippen LogP contribution in [-0.2, 0) is 4.79 Å². The van der Waals surface area contributed by atoms with Crippen molar-refractivity contribution in [2.45, 2.75) is 6.42 Å². The number of carbonyl (C=O) groups excluding carboxylic acids is 1. The van der Waals surface area contributed by atoms with Crippen LogP contribution in [0, 0.1) is 0 Å². The number of carboxylic acid groups (broad SMARTS) is 1. The molecule has 2 aromatic rings. The first-order valence-electron chi connectivity index (χ1n) is 6.29. The van der Waals surface area contributed by atoms with Gasteiger partial charge in [-0.05, 0) is 24.3 Å². The first-order valence-corrected chi connectivity index (χ1v) is 6.66. The lowest BCUT2D eigenvalue weighted by Gasteiger charge is -2.22. The van der Waals surface area contributed by atoms with Crippen LogP contribution in [0.15, 0.2) is 48.7 Å². The number of pyridine rings is 1. The number of carbonyl (C=O) groups is 2. The van der Waals surface area contributed by atoms with Gasteiger partial charge in [0.15, 0.2) is 5.15 Å². The van der Waals surface area contributed by atoms with E-state index in [4.69, 9.17) is 16.7 Å². The summed E-state index contributed by atoms with van der Waals surface area (Å²) in [4.78, 5) is 28.6. The van der Waals surface area contributed by atoms with Gasteiger partial charge in [-0.1, -0.05) is 29.8 Å². The van der Waals surface area contributed by atoms with Crippen molar-refractivity contribution in [3.05, 3.63) is 59.4 Å². The summed E-state index contributed by atoms with van der Waals surface area (Å²) in [6.07, 6.45) is 1.33. The van der Waals surface area contributed by atoms with Gasteiger partial charge in [-0.3, -0.25) is 9.59 Å². The molecule has 0 atom stereocenters. The number of benzene rings is 1. The highest BCUT2D eigenvalue weighted by molar-refractivity contribution is 6.32. The van der Waals surface area contributed by atoms with Crippen molar-refractivity contribution in [2.24, 2.45) is 0 Å². The highest BCUT2D eigenvalue weighted by Crippen LogP contribution is 2.24. The van der Waals surface area contributed by atoms with E-state index in [0.717, 1.165) is 0 Å². The Kier molecular flexibility index (Phi) is 4.90. The maximum Gasteiger partial charge on any atom is 0.305 e. The summed E-state index contributed by atoms with van der Waals surface area (Å²) in [6.45, 7) is 0.0223. The Balaban J connectivity index is 2.34. The van der Waals surface area contributed by atoms with E-state index < -0.39 is 5.97 Å². The van der Waals surface area contributed by atoms with Crippen LogP contribution in [0.5, 0.6) is 0 Å². The Labute approximate surface area is 126 Å². The minimum atomic E-state index is -0.985. The lowest BCUT2D eigenvalue weighted by Crippen LogP contribution is -2.33. The molecule has 0 unspecified atom stereocenters. The molecule has 21 heavy (non-hydrogen) atoms. The zero-order chi connectivity index (χ0) is 15.2. The molecule has 0 bridgehead atoms. The molecule has 0 saturated heterocycles. The van der Waals surface area contributed by atoms with Gasteiger partial charge in [-0.25, -0.2) is 4.98 Å². The van der Waals surface area contributed by atoms with Crippen molar-refractivity contribution in [1.29, 1.82) is 0 Å². The minimum absolute atomic E-state index is 0.0223. The first-order chi connectivity index (χ1) is 10.1. The number of nitrogens with zero attached hydrogens (tertiary/aromatic N) is 2. The third kappa shape index (κ3) is 3.79. The molecule has 0 aliphatic rings. The summed E-state index contributed by atoms with van der Waals surface area (Å²) < 4.78 is 0. The van der Waals surface area contributed by atoms with E-state index in [1.807, 2.05) is 0 Å². The van der Waals surface area contributed by atoms with Gasteiger partial charge in [-0.2, -0.15) is 0 Å². The largest absolute Gasteiger partial charge is 0.481 e. The van der Waals surface area contributed by atoms with Crippen LogP contribution in [0.3, 0.4) is 0 Å². The zero-order valence-electron chi connectivity index (χ0n) is 11.1. The van der Waals surface area contributed by atoms with Crippen molar-refractivity contribution in [3.8, 4) is 0 Å². The number of halogens is 1. The first kappa shape index (κ1) is 15.0. The Morgan fingerprint density at radius 1 is 1.14 bits per heavy atom. The smallest absolute Gasteiger partial charge is 0.305 e. The zero-order valence-corrected chi connectivity index (χ0v) is 11.8. The molecule has 1 heterocycles. The van der Waals surface area contributed by atoms with Gasteiger partial charge in [0, 0.05) is 18.3 Å².